The van der Waals surface area contributed by atoms with Gasteiger partial charge in [0.2, 0.25) is 0 Å². The molecule has 0 heterocycles. The topological polar surface area (TPSA) is 0 Å². The van der Waals surface area contributed by atoms with E-state index in [9.17, 15) is 0 Å². The molecule has 1 aromatic carbocycles. The van der Waals surface area contributed by atoms with Gasteiger partial charge in [0.15, 0.2) is 0 Å². The Morgan fingerprint density at radius 1 is 1.08 bits per heavy atom. The zero-order valence-electron chi connectivity index (χ0n) is 7.76. The average molecular weight is 320 g/mol. The number of halogens is 1. The summed E-state index contributed by atoms with van der Waals surface area (Å²) in [7, 11) is 0. The van der Waals surface area contributed by atoms with Crippen molar-refractivity contribution in [1.82, 2.24) is 0 Å². The first kappa shape index (κ1) is 23.8. The molecular weight excluding hydrogens is 308 g/mol. The molecule has 4 heteroatoms. The largest absolute Gasteiger partial charge is 2.00 e. The van der Waals surface area contributed by atoms with Crippen molar-refractivity contribution in [3.8, 4) is 0 Å². The van der Waals surface area contributed by atoms with Crippen molar-refractivity contribution in [3.05, 3.63) is 36.8 Å². The molecule has 0 amide bonds. The normalized spacial score (nSPS) is 6.00. The first-order valence-corrected chi connectivity index (χ1v) is 3.68. The molecule has 1 rings (SSSR count). The second-order valence-corrected chi connectivity index (χ2v) is 2.36. The van der Waals surface area contributed by atoms with Gasteiger partial charge in [0.05, 0.1) is 0 Å². The molecule has 0 atom stereocenters. The van der Waals surface area contributed by atoms with Crippen molar-refractivity contribution >= 4 is 35.7 Å². The minimum Gasteiger partial charge on any atom is -1.00 e. The summed E-state index contributed by atoms with van der Waals surface area (Å²) in [5.74, 6) is 0. The van der Waals surface area contributed by atoms with E-state index in [4.69, 9.17) is 12.6 Å². The van der Waals surface area contributed by atoms with E-state index in [2.05, 4.69) is 0 Å². The summed E-state index contributed by atoms with van der Waals surface area (Å²) < 4.78 is 0. The van der Waals surface area contributed by atoms with Crippen LogP contribution < -0.4 is 17.0 Å². The molecule has 0 aromatic heterocycles. The molecule has 0 spiro atoms. The van der Waals surface area contributed by atoms with Crippen LogP contribution in [0.3, 0.4) is 0 Å². The summed E-state index contributed by atoms with van der Waals surface area (Å²) in [6.45, 7) is 4.00. The van der Waals surface area contributed by atoms with Crippen molar-refractivity contribution in [2.45, 2.75) is 18.7 Å². The van der Waals surface area contributed by atoms with Crippen LogP contribution in [0.4, 0.5) is 0 Å². The van der Waals surface area contributed by atoms with Crippen LogP contribution in [-0.4, -0.2) is 23.1 Å². The van der Waals surface area contributed by atoms with E-state index >= 15 is 0 Å². The molecule has 0 radical (unpaired) electrons. The molecule has 0 nitrogen and oxygen atoms in total. The van der Waals surface area contributed by atoms with Crippen molar-refractivity contribution in [3.63, 3.8) is 0 Å². The van der Waals surface area contributed by atoms with Gasteiger partial charge in [-0.1, -0.05) is 30.3 Å². The Bertz CT molecular complexity index is 161. The summed E-state index contributed by atoms with van der Waals surface area (Å²) in [6.07, 6.45) is 2.00. The van der Waals surface area contributed by atoms with Gasteiger partial charge in [0, 0.05) is 0 Å². The smallest absolute Gasteiger partial charge is 1.00 e. The van der Waals surface area contributed by atoms with E-state index in [-0.39, 0.29) is 57.1 Å². The van der Waals surface area contributed by atoms with Gasteiger partial charge in [-0.3, -0.25) is 0 Å². The molecule has 0 bridgehead atoms. The van der Waals surface area contributed by atoms with Gasteiger partial charge >= 0.3 is 40.1 Å². The molecular formula is C9H12BrCuMgS. The molecule has 0 aliphatic heterocycles. The van der Waals surface area contributed by atoms with Crippen LogP contribution in [0.2, 0.25) is 0 Å². The quantitative estimate of drug-likeness (QED) is 0.351. The average Bonchev–Trinajstić information content (AvgIpc) is 1.91. The summed E-state index contributed by atoms with van der Waals surface area (Å²) >= 11 is 4.81. The third kappa shape index (κ3) is 19.6. The Hall–Kier alpha value is 1.21. The summed E-state index contributed by atoms with van der Waals surface area (Å²) in [5, 5.41) is 0. The number of hydrogen-bond acceptors (Lipinski definition) is 1. The second-order valence-electron chi connectivity index (χ2n) is 1.89. The van der Waals surface area contributed by atoms with E-state index in [1.54, 1.807) is 0 Å². The van der Waals surface area contributed by atoms with Crippen molar-refractivity contribution < 1.29 is 34.1 Å². The second kappa shape index (κ2) is 18.9. The van der Waals surface area contributed by atoms with Crippen molar-refractivity contribution in [2.24, 2.45) is 0 Å². The molecule has 0 saturated carbocycles. The maximum absolute atomic E-state index is 4.81. The Kier molecular flexibility index (Phi) is 34.6. The van der Waals surface area contributed by atoms with Crippen LogP contribution in [0.15, 0.2) is 35.2 Å². The molecule has 0 N–H and O–H groups in total. The van der Waals surface area contributed by atoms with E-state index in [1.165, 1.54) is 0 Å². The molecule has 0 aliphatic carbocycles. The summed E-state index contributed by atoms with van der Waals surface area (Å²) in [4.78, 5) is 0.905. The predicted octanol–water partition coefficient (Wildman–Crippen LogP) is -0.556. The minimum absolute atomic E-state index is 0. The summed E-state index contributed by atoms with van der Waals surface area (Å²) in [5.41, 5.74) is 0. The van der Waals surface area contributed by atoms with Gasteiger partial charge in [0.25, 0.3) is 0 Å². The summed E-state index contributed by atoms with van der Waals surface area (Å²) in [6, 6.07) is 9.62. The predicted molar refractivity (Wildman–Crippen MR) is 53.5 cm³/mol. The molecule has 0 fully saturated rings. The first-order chi connectivity index (χ1) is 4.81. The maximum atomic E-state index is 4.81. The van der Waals surface area contributed by atoms with Gasteiger partial charge < -0.3 is 36.0 Å². The zero-order chi connectivity index (χ0) is 7.82. The number of benzene rings is 1. The van der Waals surface area contributed by atoms with Crippen molar-refractivity contribution in [1.29, 1.82) is 0 Å². The van der Waals surface area contributed by atoms with Crippen molar-refractivity contribution in [2.75, 3.05) is 0 Å². The zero-order valence-corrected chi connectivity index (χ0v) is 12.5. The maximum Gasteiger partial charge on any atom is 2.00 e. The Morgan fingerprint density at radius 3 is 1.54 bits per heavy atom. The SMILES string of the molecule is C[CH-]C.[Br-].[Cu+].[Mg+2].[S-]c1ccccc1. The molecule has 13 heavy (non-hydrogen) atoms. The third-order valence-electron chi connectivity index (χ3n) is 0.743. The van der Waals surface area contributed by atoms with E-state index < -0.39 is 0 Å². The molecule has 1 aromatic rings. The molecule has 0 saturated heterocycles. The van der Waals surface area contributed by atoms with Crippen LogP contribution in [-0.2, 0) is 29.7 Å². The number of hydrogen-bond donors (Lipinski definition) is 0. The van der Waals surface area contributed by atoms with E-state index in [0.29, 0.717) is 0 Å². The van der Waals surface area contributed by atoms with Gasteiger partial charge in [-0.05, 0) is 0 Å². The van der Waals surface area contributed by atoms with Crippen LogP contribution >= 0.6 is 0 Å². The molecule has 0 aliphatic rings. The fourth-order valence-electron chi connectivity index (χ4n) is 0.420. The minimum atomic E-state index is 0. The Labute approximate surface area is 124 Å². The van der Waals surface area contributed by atoms with Crippen LogP contribution in [0.5, 0.6) is 0 Å². The van der Waals surface area contributed by atoms with Gasteiger partial charge in [-0.15, -0.1) is 0 Å². The molecule has 74 valence electrons. The van der Waals surface area contributed by atoms with E-state index in [1.807, 2.05) is 50.6 Å². The fraction of sp³-hybridized carbons (Fsp3) is 0.222. The standard InChI is InChI=1S/C6H6S.C3H7.BrH.Cu.Mg/c7-6-4-2-1-3-5-6;1-3-2;;;/h1-5,7H;3H,1-2H3;1H;;/q;-1;;+1;+2/p-2. The Balaban J connectivity index is -0.0000000615. The third-order valence-corrected chi connectivity index (χ3v) is 1.02. The molecule has 0 unspecified atom stereocenters. The van der Waals surface area contributed by atoms with Crippen LogP contribution in [0.1, 0.15) is 13.8 Å². The first-order valence-electron chi connectivity index (χ1n) is 3.27. The number of rotatable bonds is 0. The van der Waals surface area contributed by atoms with Crippen LogP contribution in [0, 0.1) is 6.42 Å². The monoisotopic (exact) mass is 318 g/mol. The van der Waals surface area contributed by atoms with Gasteiger partial charge in [-0.25, -0.2) is 0 Å². The Morgan fingerprint density at radius 2 is 1.38 bits per heavy atom. The van der Waals surface area contributed by atoms with Crippen LogP contribution in [0.25, 0.3) is 0 Å². The fourth-order valence-corrected chi connectivity index (χ4v) is 0.578. The van der Waals surface area contributed by atoms with Gasteiger partial charge in [0.1, 0.15) is 0 Å². The van der Waals surface area contributed by atoms with E-state index in [0.717, 1.165) is 4.90 Å². The van der Waals surface area contributed by atoms with Gasteiger partial charge in [-0.2, -0.15) is 18.7 Å².